The van der Waals surface area contributed by atoms with E-state index < -0.39 is 25.1 Å². The predicted molar refractivity (Wildman–Crippen MR) is 54.5 cm³/mol. The van der Waals surface area contributed by atoms with Crippen molar-refractivity contribution in [3.05, 3.63) is 29.6 Å². The van der Waals surface area contributed by atoms with E-state index in [1.54, 1.807) is 6.92 Å². The maximum absolute atomic E-state index is 13.6. The monoisotopic (exact) mass is 187 g/mol. The average molecular weight is 187 g/mol. The molecule has 2 heteroatoms. The lowest BCUT2D eigenvalue weighted by Gasteiger charge is -2.22. The van der Waals surface area contributed by atoms with Crippen LogP contribution in [-0.2, 0) is 0 Å². The number of hydrogen-bond acceptors (Lipinski definition) is 1. The molecule has 0 radical (unpaired) electrons. The summed E-state index contributed by atoms with van der Waals surface area (Å²) in [6.07, 6.45) is 0. The Morgan fingerprint density at radius 2 is 2.15 bits per heavy atom. The minimum absolute atomic E-state index is 0.130. The van der Waals surface area contributed by atoms with Crippen molar-refractivity contribution >= 4 is 5.69 Å². The minimum Gasteiger partial charge on any atom is -0.378 e. The summed E-state index contributed by atoms with van der Waals surface area (Å²) in [6, 6.07) is 4.06. The van der Waals surface area contributed by atoms with Gasteiger partial charge in [-0.1, -0.05) is 6.07 Å². The first-order valence-corrected chi connectivity index (χ1v) is 3.93. The topological polar surface area (TPSA) is 12.0 Å². The van der Waals surface area contributed by atoms with Crippen LogP contribution in [0.15, 0.2) is 18.2 Å². The van der Waals surface area contributed by atoms with Crippen LogP contribution in [0.25, 0.3) is 0 Å². The zero-order chi connectivity index (χ0) is 15.1. The second kappa shape index (κ2) is 3.36. The van der Waals surface area contributed by atoms with Gasteiger partial charge in [-0.15, -0.1) is 0 Å². The van der Waals surface area contributed by atoms with E-state index in [9.17, 15) is 4.39 Å². The third-order valence-corrected chi connectivity index (χ3v) is 1.51. The Balaban J connectivity index is 3.27. The highest BCUT2D eigenvalue weighted by molar-refractivity contribution is 5.48. The van der Waals surface area contributed by atoms with Gasteiger partial charge >= 0.3 is 0 Å². The lowest BCUT2D eigenvalue weighted by molar-refractivity contribution is 0.598. The number of aryl methyl sites for hydroxylation is 1. The average Bonchev–Trinajstić information content (AvgIpc) is 2.20. The first kappa shape index (κ1) is 4.45. The Morgan fingerprint density at radius 3 is 2.77 bits per heavy atom. The molecule has 1 N–H and O–H groups in total. The zero-order valence-electron chi connectivity index (χ0n) is 13.6. The van der Waals surface area contributed by atoms with E-state index in [0.29, 0.717) is 5.56 Å². The molecule has 0 amide bonds. The first-order chi connectivity index (χ1) is 8.38. The van der Waals surface area contributed by atoms with Gasteiger partial charge in [-0.25, -0.2) is 4.39 Å². The maximum atomic E-state index is 13.6. The van der Waals surface area contributed by atoms with E-state index in [0.717, 1.165) is 13.0 Å². The van der Waals surface area contributed by atoms with Gasteiger partial charge in [0.15, 0.2) is 0 Å². The van der Waals surface area contributed by atoms with E-state index in [1.165, 1.54) is 12.1 Å². The van der Waals surface area contributed by atoms with E-state index in [-0.39, 0.29) is 5.69 Å². The van der Waals surface area contributed by atoms with Crippen LogP contribution in [0.4, 0.5) is 10.1 Å². The standard InChI is InChI=1S/C11H16FN/c1-8-5-6-9(12)10(7-8)13-11(2,3)4/h5-7,13H,1-4H3/i2D3,3D3. The summed E-state index contributed by atoms with van der Waals surface area (Å²) in [5, 5.41) is 2.34. The predicted octanol–water partition coefficient (Wildman–Crippen LogP) is 3.34. The van der Waals surface area contributed by atoms with Crippen molar-refractivity contribution in [1.82, 2.24) is 0 Å². The summed E-state index contributed by atoms with van der Waals surface area (Å²) in [7, 11) is 0. The van der Waals surface area contributed by atoms with Crippen molar-refractivity contribution in [3.63, 3.8) is 0 Å². The molecule has 0 aliphatic rings. The normalized spacial score (nSPS) is 20.2. The van der Waals surface area contributed by atoms with Crippen molar-refractivity contribution < 1.29 is 12.6 Å². The molecule has 0 aliphatic carbocycles. The fourth-order valence-electron chi connectivity index (χ4n) is 1.00. The van der Waals surface area contributed by atoms with Crippen molar-refractivity contribution in [2.24, 2.45) is 0 Å². The van der Waals surface area contributed by atoms with E-state index >= 15 is 0 Å². The van der Waals surface area contributed by atoms with Gasteiger partial charge in [0.2, 0.25) is 0 Å². The fourth-order valence-corrected chi connectivity index (χ4v) is 1.00. The van der Waals surface area contributed by atoms with E-state index in [4.69, 9.17) is 8.22 Å². The zero-order valence-corrected chi connectivity index (χ0v) is 7.61. The van der Waals surface area contributed by atoms with Gasteiger partial charge in [0.25, 0.3) is 0 Å². The number of benzene rings is 1. The number of anilines is 1. The molecule has 0 heterocycles. The van der Waals surface area contributed by atoms with Gasteiger partial charge in [-0.3, -0.25) is 0 Å². The lowest BCUT2D eigenvalue weighted by atomic mass is 10.1. The summed E-state index contributed by atoms with van der Waals surface area (Å²) < 4.78 is 58.1. The molecule has 0 bridgehead atoms. The summed E-state index contributed by atoms with van der Waals surface area (Å²) in [6.45, 7) is -2.87. The molecule has 0 spiro atoms. The molecule has 0 aliphatic heterocycles. The van der Waals surface area contributed by atoms with Gasteiger partial charge in [0.05, 0.1) is 5.69 Å². The van der Waals surface area contributed by atoms with Crippen molar-refractivity contribution in [2.75, 3.05) is 5.32 Å². The molecule has 1 nitrogen and oxygen atoms in total. The molecular formula is C11H16FN. The van der Waals surface area contributed by atoms with Crippen LogP contribution < -0.4 is 5.32 Å². The lowest BCUT2D eigenvalue weighted by Crippen LogP contribution is -2.26. The number of halogens is 1. The van der Waals surface area contributed by atoms with Gasteiger partial charge < -0.3 is 5.32 Å². The Hall–Kier alpha value is -1.05. The Bertz CT molecular complexity index is 451. The smallest absolute Gasteiger partial charge is 0.146 e. The van der Waals surface area contributed by atoms with Crippen LogP contribution in [0.1, 0.15) is 34.4 Å². The van der Waals surface area contributed by atoms with Crippen molar-refractivity contribution in [3.8, 4) is 0 Å². The van der Waals surface area contributed by atoms with Gasteiger partial charge in [0.1, 0.15) is 5.82 Å². The molecule has 0 unspecified atom stereocenters. The number of hydrogen-bond donors (Lipinski definition) is 1. The Kier molecular flexibility index (Phi) is 1.15. The quantitative estimate of drug-likeness (QED) is 0.711. The van der Waals surface area contributed by atoms with Crippen LogP contribution in [0.2, 0.25) is 0 Å². The molecule has 13 heavy (non-hydrogen) atoms. The third kappa shape index (κ3) is 3.05. The first-order valence-electron chi connectivity index (χ1n) is 6.93. The fraction of sp³-hybridized carbons (Fsp3) is 0.455. The Labute approximate surface area is 87.4 Å². The highest BCUT2D eigenvalue weighted by Crippen LogP contribution is 2.19. The molecule has 0 fully saturated rings. The molecule has 72 valence electrons. The second-order valence-electron chi connectivity index (χ2n) is 3.23. The van der Waals surface area contributed by atoms with Gasteiger partial charge in [0, 0.05) is 13.8 Å². The van der Waals surface area contributed by atoms with Gasteiger partial charge in [-0.05, 0) is 45.2 Å². The highest BCUT2D eigenvalue weighted by Gasteiger charge is 2.11. The SMILES string of the molecule is [2H]C([2H])([2H])C(C)(Nc1cc(C)ccc1F)C([2H])([2H])[2H]. The molecular weight excluding hydrogens is 165 g/mol. The van der Waals surface area contributed by atoms with Crippen molar-refractivity contribution in [2.45, 2.75) is 33.1 Å². The summed E-state index contributed by atoms with van der Waals surface area (Å²) in [5.74, 6) is -0.690. The molecule has 0 atom stereocenters. The minimum atomic E-state index is -2.81. The molecule has 0 saturated carbocycles. The summed E-state index contributed by atoms with van der Waals surface area (Å²) in [4.78, 5) is 0. The molecule has 1 rings (SSSR count). The second-order valence-corrected chi connectivity index (χ2v) is 3.23. The van der Waals surface area contributed by atoms with Crippen LogP contribution in [0, 0.1) is 12.7 Å². The van der Waals surface area contributed by atoms with Crippen LogP contribution >= 0.6 is 0 Å². The Morgan fingerprint density at radius 1 is 1.46 bits per heavy atom. The highest BCUT2D eigenvalue weighted by atomic mass is 19.1. The molecule has 1 aromatic carbocycles. The van der Waals surface area contributed by atoms with Crippen LogP contribution in [0.3, 0.4) is 0 Å². The number of rotatable bonds is 1. The molecule has 0 aromatic heterocycles. The third-order valence-electron chi connectivity index (χ3n) is 1.51. The molecule has 1 aromatic rings. The van der Waals surface area contributed by atoms with Crippen LogP contribution in [-0.4, -0.2) is 5.54 Å². The van der Waals surface area contributed by atoms with E-state index in [1.807, 2.05) is 0 Å². The largest absolute Gasteiger partial charge is 0.378 e. The van der Waals surface area contributed by atoms with E-state index in [2.05, 4.69) is 5.32 Å². The summed E-state index contributed by atoms with van der Waals surface area (Å²) >= 11 is 0. The van der Waals surface area contributed by atoms with Gasteiger partial charge in [-0.2, -0.15) is 0 Å². The summed E-state index contributed by atoms with van der Waals surface area (Å²) in [5.41, 5.74) is -1.66. The van der Waals surface area contributed by atoms with Crippen LogP contribution in [0.5, 0.6) is 0 Å². The maximum Gasteiger partial charge on any atom is 0.146 e. The molecule has 0 saturated heterocycles. The van der Waals surface area contributed by atoms with Crippen molar-refractivity contribution in [1.29, 1.82) is 0 Å². The number of nitrogens with one attached hydrogen (secondary N) is 1.